The Labute approximate surface area is 116 Å². The molecule has 0 amide bonds. The molecule has 0 aliphatic carbocycles. The first-order valence-electron chi connectivity index (χ1n) is 7.71. The highest BCUT2D eigenvalue weighted by molar-refractivity contribution is 5.26. The maximum absolute atomic E-state index is 5.46. The van der Waals surface area contributed by atoms with E-state index in [-0.39, 0.29) is 0 Å². The molecule has 19 heavy (non-hydrogen) atoms. The SMILES string of the molecule is CCOc1ccc(C[NH2+]C[C@@H]2CCC[NH+]2CC)cc1. The number of rotatable bonds is 7. The number of nitrogens with one attached hydrogen (secondary N) is 1. The van der Waals surface area contributed by atoms with Crippen molar-refractivity contribution < 1.29 is 15.0 Å². The summed E-state index contributed by atoms with van der Waals surface area (Å²) in [5, 5.41) is 2.46. The third-order valence-corrected chi connectivity index (χ3v) is 4.15. The third kappa shape index (κ3) is 4.22. The average Bonchev–Trinajstić information content (AvgIpc) is 2.88. The molecule has 1 aliphatic rings. The van der Waals surface area contributed by atoms with Crippen molar-refractivity contribution in [2.24, 2.45) is 0 Å². The van der Waals surface area contributed by atoms with Crippen LogP contribution in [0.5, 0.6) is 5.75 Å². The van der Waals surface area contributed by atoms with Crippen molar-refractivity contribution in [3.63, 3.8) is 0 Å². The number of quaternary nitrogens is 2. The van der Waals surface area contributed by atoms with E-state index in [9.17, 15) is 0 Å². The van der Waals surface area contributed by atoms with Crippen molar-refractivity contribution in [2.75, 3.05) is 26.2 Å². The molecule has 1 unspecified atom stereocenters. The lowest BCUT2D eigenvalue weighted by Crippen LogP contribution is -3.16. The smallest absolute Gasteiger partial charge is 0.137 e. The van der Waals surface area contributed by atoms with Crippen LogP contribution in [0.3, 0.4) is 0 Å². The van der Waals surface area contributed by atoms with Crippen LogP contribution in [0.4, 0.5) is 0 Å². The van der Waals surface area contributed by atoms with Gasteiger partial charge >= 0.3 is 0 Å². The summed E-state index contributed by atoms with van der Waals surface area (Å²) in [7, 11) is 0. The number of ether oxygens (including phenoxy) is 1. The highest BCUT2D eigenvalue weighted by Crippen LogP contribution is 2.11. The Morgan fingerprint density at radius 3 is 2.74 bits per heavy atom. The Morgan fingerprint density at radius 1 is 1.26 bits per heavy atom. The second-order valence-electron chi connectivity index (χ2n) is 5.41. The van der Waals surface area contributed by atoms with Crippen molar-refractivity contribution in [1.82, 2.24) is 0 Å². The molecular formula is C16H28N2O+2. The van der Waals surface area contributed by atoms with Crippen LogP contribution in [0.15, 0.2) is 24.3 Å². The summed E-state index contributed by atoms with van der Waals surface area (Å²) < 4.78 is 5.46. The summed E-state index contributed by atoms with van der Waals surface area (Å²) in [6.07, 6.45) is 2.81. The molecule has 2 atom stereocenters. The summed E-state index contributed by atoms with van der Waals surface area (Å²) in [4.78, 5) is 1.79. The summed E-state index contributed by atoms with van der Waals surface area (Å²) in [5.74, 6) is 0.976. The molecule has 1 aromatic carbocycles. The first kappa shape index (κ1) is 14.4. The number of nitrogens with two attached hydrogens (primary N) is 1. The molecule has 1 saturated heterocycles. The molecule has 1 heterocycles. The zero-order chi connectivity index (χ0) is 13.5. The zero-order valence-electron chi connectivity index (χ0n) is 12.3. The van der Waals surface area contributed by atoms with Crippen molar-refractivity contribution in [1.29, 1.82) is 0 Å². The van der Waals surface area contributed by atoms with Gasteiger partial charge in [0.05, 0.1) is 19.7 Å². The second-order valence-corrected chi connectivity index (χ2v) is 5.41. The minimum Gasteiger partial charge on any atom is -0.494 e. The van der Waals surface area contributed by atoms with Gasteiger partial charge in [0.1, 0.15) is 24.9 Å². The number of likely N-dealkylation sites (tertiary alicyclic amines) is 1. The standard InChI is InChI=1S/C16H26N2O/c1-3-18-11-5-6-15(18)13-17-12-14-7-9-16(10-8-14)19-4-2/h7-10,15,17H,3-6,11-13H2,1-2H3/p+2/t15-/m0/s1. The van der Waals surface area contributed by atoms with E-state index in [1.165, 1.54) is 38.0 Å². The highest BCUT2D eigenvalue weighted by Gasteiger charge is 2.27. The lowest BCUT2D eigenvalue weighted by molar-refractivity contribution is -0.925. The van der Waals surface area contributed by atoms with Crippen LogP contribution in [-0.4, -0.2) is 32.3 Å². The number of benzene rings is 1. The van der Waals surface area contributed by atoms with E-state index in [0.717, 1.165) is 24.9 Å². The quantitative estimate of drug-likeness (QED) is 0.725. The second kappa shape index (κ2) is 7.51. The van der Waals surface area contributed by atoms with Gasteiger partial charge in [-0.2, -0.15) is 0 Å². The predicted molar refractivity (Wildman–Crippen MR) is 77.5 cm³/mol. The molecule has 0 bridgehead atoms. The molecule has 0 saturated carbocycles. The van der Waals surface area contributed by atoms with E-state index in [2.05, 4.69) is 36.5 Å². The Morgan fingerprint density at radius 2 is 2.05 bits per heavy atom. The fourth-order valence-electron chi connectivity index (χ4n) is 3.07. The van der Waals surface area contributed by atoms with E-state index in [1.807, 2.05) is 6.92 Å². The van der Waals surface area contributed by atoms with Crippen LogP contribution in [0, 0.1) is 0 Å². The lowest BCUT2D eigenvalue weighted by Gasteiger charge is -2.18. The number of hydrogen-bond donors (Lipinski definition) is 2. The monoisotopic (exact) mass is 264 g/mol. The fraction of sp³-hybridized carbons (Fsp3) is 0.625. The third-order valence-electron chi connectivity index (χ3n) is 4.15. The first-order chi connectivity index (χ1) is 9.33. The Balaban J connectivity index is 1.73. The minimum absolute atomic E-state index is 0.739. The maximum Gasteiger partial charge on any atom is 0.137 e. The van der Waals surface area contributed by atoms with E-state index in [1.54, 1.807) is 4.90 Å². The summed E-state index contributed by atoms with van der Waals surface area (Å²) in [6, 6.07) is 9.38. The van der Waals surface area contributed by atoms with E-state index in [0.29, 0.717) is 0 Å². The molecular weight excluding hydrogens is 236 g/mol. The van der Waals surface area contributed by atoms with Gasteiger partial charge in [-0.15, -0.1) is 0 Å². The van der Waals surface area contributed by atoms with Crippen LogP contribution in [0.25, 0.3) is 0 Å². The minimum atomic E-state index is 0.739. The maximum atomic E-state index is 5.46. The van der Waals surface area contributed by atoms with Gasteiger partial charge in [0.15, 0.2) is 0 Å². The molecule has 1 fully saturated rings. The first-order valence-corrected chi connectivity index (χ1v) is 7.71. The normalized spacial score (nSPS) is 22.6. The molecule has 0 aromatic heterocycles. The molecule has 3 nitrogen and oxygen atoms in total. The van der Waals surface area contributed by atoms with Crippen LogP contribution < -0.4 is 15.0 Å². The van der Waals surface area contributed by atoms with Crippen molar-refractivity contribution in [2.45, 2.75) is 39.3 Å². The van der Waals surface area contributed by atoms with Gasteiger partial charge in [0.25, 0.3) is 0 Å². The van der Waals surface area contributed by atoms with E-state index >= 15 is 0 Å². The van der Waals surface area contributed by atoms with Gasteiger partial charge in [-0.25, -0.2) is 0 Å². The van der Waals surface area contributed by atoms with E-state index in [4.69, 9.17) is 4.74 Å². The van der Waals surface area contributed by atoms with Gasteiger partial charge in [-0.3, -0.25) is 0 Å². The Kier molecular flexibility index (Phi) is 5.67. The number of likely N-dealkylation sites (N-methyl/N-ethyl adjacent to an activating group) is 1. The molecule has 3 heteroatoms. The summed E-state index contributed by atoms with van der Waals surface area (Å²) in [5.41, 5.74) is 1.39. The topological polar surface area (TPSA) is 30.3 Å². The Hall–Kier alpha value is -1.06. The predicted octanol–water partition coefficient (Wildman–Crippen LogP) is 0.216. The van der Waals surface area contributed by atoms with Crippen LogP contribution in [-0.2, 0) is 6.54 Å². The molecule has 0 spiro atoms. The van der Waals surface area contributed by atoms with Gasteiger partial charge in [0.2, 0.25) is 0 Å². The molecule has 3 N–H and O–H groups in total. The highest BCUT2D eigenvalue weighted by atomic mass is 16.5. The van der Waals surface area contributed by atoms with Gasteiger partial charge in [0, 0.05) is 18.4 Å². The largest absolute Gasteiger partial charge is 0.494 e. The van der Waals surface area contributed by atoms with Crippen LogP contribution in [0.1, 0.15) is 32.3 Å². The van der Waals surface area contributed by atoms with Gasteiger partial charge < -0.3 is 15.0 Å². The zero-order valence-corrected chi connectivity index (χ0v) is 12.3. The van der Waals surface area contributed by atoms with Crippen LogP contribution in [0.2, 0.25) is 0 Å². The molecule has 106 valence electrons. The van der Waals surface area contributed by atoms with Crippen molar-refractivity contribution in [3.05, 3.63) is 29.8 Å². The molecule has 2 rings (SSSR count). The lowest BCUT2D eigenvalue weighted by atomic mass is 10.2. The number of hydrogen-bond acceptors (Lipinski definition) is 1. The Bertz CT molecular complexity index is 364. The van der Waals surface area contributed by atoms with Gasteiger partial charge in [-0.05, 0) is 38.1 Å². The van der Waals surface area contributed by atoms with Crippen molar-refractivity contribution >= 4 is 0 Å². The molecule has 1 aromatic rings. The average molecular weight is 264 g/mol. The fourth-order valence-corrected chi connectivity index (χ4v) is 3.07. The summed E-state index contributed by atoms with van der Waals surface area (Å²) >= 11 is 0. The van der Waals surface area contributed by atoms with Gasteiger partial charge in [-0.1, -0.05) is 0 Å². The van der Waals surface area contributed by atoms with Crippen LogP contribution >= 0.6 is 0 Å². The van der Waals surface area contributed by atoms with Crippen molar-refractivity contribution in [3.8, 4) is 5.75 Å². The molecule has 1 aliphatic heterocycles. The van der Waals surface area contributed by atoms with E-state index < -0.39 is 0 Å². The molecule has 0 radical (unpaired) electrons. The summed E-state index contributed by atoms with van der Waals surface area (Å²) in [6.45, 7) is 10.1.